The zero-order valence-corrected chi connectivity index (χ0v) is 5.75. The van der Waals surface area contributed by atoms with Crippen LogP contribution in [0.15, 0.2) is 12.2 Å². The average Bonchev–Trinajstić information content (AvgIpc) is 2.27. The van der Waals surface area contributed by atoms with Gasteiger partial charge in [0, 0.05) is 12.3 Å². The van der Waals surface area contributed by atoms with Crippen molar-refractivity contribution in [2.24, 2.45) is 5.92 Å². The second kappa shape index (κ2) is 2.11. The molecule has 2 unspecified atom stereocenters. The minimum atomic E-state index is -0.0151. The molecule has 0 aromatic rings. The first-order valence-corrected chi connectivity index (χ1v) is 3.71. The van der Waals surface area contributed by atoms with Crippen LogP contribution < -0.4 is 0 Å². The van der Waals surface area contributed by atoms with Crippen LogP contribution >= 0.6 is 0 Å². The largest absolute Gasteiger partial charge is 0.462 e. The Labute approximate surface area is 59.9 Å². The van der Waals surface area contributed by atoms with Crippen LogP contribution in [0.25, 0.3) is 0 Å². The molecule has 0 radical (unpaired) electrons. The molecule has 0 saturated carbocycles. The summed E-state index contributed by atoms with van der Waals surface area (Å²) >= 11 is 0. The molecular formula is C8H10O2. The number of rotatable bonds is 0. The second-order valence-electron chi connectivity index (χ2n) is 2.94. The number of esters is 1. The molecule has 0 amide bonds. The van der Waals surface area contributed by atoms with Crippen molar-refractivity contribution in [3.8, 4) is 0 Å². The van der Waals surface area contributed by atoms with E-state index >= 15 is 0 Å². The quantitative estimate of drug-likeness (QED) is 0.372. The maximum Gasteiger partial charge on any atom is 0.306 e. The first-order valence-electron chi connectivity index (χ1n) is 3.71. The van der Waals surface area contributed by atoms with E-state index in [1.807, 2.05) is 0 Å². The van der Waals surface area contributed by atoms with Gasteiger partial charge in [-0.25, -0.2) is 0 Å². The van der Waals surface area contributed by atoms with Gasteiger partial charge in [0.05, 0.1) is 6.42 Å². The molecule has 1 aliphatic carbocycles. The molecule has 0 spiro atoms. The van der Waals surface area contributed by atoms with Gasteiger partial charge in [0.25, 0.3) is 0 Å². The molecule has 1 saturated heterocycles. The Kier molecular flexibility index (Phi) is 1.26. The molecule has 1 fully saturated rings. The third-order valence-electron chi connectivity index (χ3n) is 2.21. The number of hydrogen-bond acceptors (Lipinski definition) is 2. The number of allylic oxidation sites excluding steroid dienone is 1. The maximum atomic E-state index is 10.8. The predicted octanol–water partition coefficient (Wildman–Crippen LogP) is 1.27. The minimum Gasteiger partial charge on any atom is -0.462 e. The van der Waals surface area contributed by atoms with Gasteiger partial charge in [-0.1, -0.05) is 12.2 Å². The molecule has 0 N–H and O–H groups in total. The van der Waals surface area contributed by atoms with E-state index in [1.54, 1.807) is 0 Å². The smallest absolute Gasteiger partial charge is 0.306 e. The summed E-state index contributed by atoms with van der Waals surface area (Å²) < 4.78 is 5.08. The summed E-state index contributed by atoms with van der Waals surface area (Å²) in [6, 6.07) is 0. The van der Waals surface area contributed by atoms with Crippen LogP contribution in [-0.4, -0.2) is 12.1 Å². The topological polar surface area (TPSA) is 26.3 Å². The molecule has 2 rings (SSSR count). The van der Waals surface area contributed by atoms with E-state index in [-0.39, 0.29) is 12.1 Å². The first-order chi connectivity index (χ1) is 4.86. The van der Waals surface area contributed by atoms with Crippen molar-refractivity contribution in [3.05, 3.63) is 12.2 Å². The molecule has 2 heteroatoms. The van der Waals surface area contributed by atoms with Crippen molar-refractivity contribution in [2.75, 3.05) is 0 Å². The van der Waals surface area contributed by atoms with Gasteiger partial charge < -0.3 is 4.74 Å². The highest BCUT2D eigenvalue weighted by Crippen LogP contribution is 2.30. The summed E-state index contributed by atoms with van der Waals surface area (Å²) in [4.78, 5) is 10.8. The van der Waals surface area contributed by atoms with Crippen LogP contribution in [0.4, 0.5) is 0 Å². The van der Waals surface area contributed by atoms with E-state index < -0.39 is 0 Å². The van der Waals surface area contributed by atoms with Crippen molar-refractivity contribution in [1.29, 1.82) is 0 Å². The van der Waals surface area contributed by atoms with Crippen molar-refractivity contribution in [2.45, 2.75) is 25.4 Å². The van der Waals surface area contributed by atoms with Gasteiger partial charge in [0.15, 0.2) is 0 Å². The predicted molar refractivity (Wildman–Crippen MR) is 36.4 cm³/mol. The van der Waals surface area contributed by atoms with Crippen LogP contribution in [0.1, 0.15) is 19.3 Å². The normalized spacial score (nSPS) is 37.4. The molecule has 0 aromatic carbocycles. The van der Waals surface area contributed by atoms with Gasteiger partial charge in [0.2, 0.25) is 0 Å². The minimum absolute atomic E-state index is 0.0151. The van der Waals surface area contributed by atoms with Gasteiger partial charge in [0.1, 0.15) is 6.10 Å². The van der Waals surface area contributed by atoms with Gasteiger partial charge in [-0.05, 0) is 6.42 Å². The van der Waals surface area contributed by atoms with E-state index in [9.17, 15) is 4.79 Å². The summed E-state index contributed by atoms with van der Waals surface area (Å²) in [5.41, 5.74) is 0. The zero-order valence-electron chi connectivity index (χ0n) is 5.75. The lowest BCUT2D eigenvalue weighted by Crippen LogP contribution is -2.16. The Bertz CT molecular complexity index is 166. The van der Waals surface area contributed by atoms with E-state index in [0.29, 0.717) is 12.3 Å². The molecule has 1 heterocycles. The molecule has 2 aliphatic rings. The molecule has 0 aromatic heterocycles. The maximum absolute atomic E-state index is 10.8. The number of fused-ring (bicyclic) bond motifs is 1. The summed E-state index contributed by atoms with van der Waals surface area (Å²) in [5.74, 6) is 0.469. The standard InChI is InChI=1S/C8H10O2/c9-8-5-6-3-1-2-4-7(6)10-8/h1-2,6-7H,3-5H2. The fourth-order valence-electron chi connectivity index (χ4n) is 1.64. The highest BCUT2D eigenvalue weighted by Gasteiger charge is 2.34. The van der Waals surface area contributed by atoms with Crippen LogP contribution in [-0.2, 0) is 9.53 Å². The summed E-state index contributed by atoms with van der Waals surface area (Å²) in [7, 11) is 0. The summed E-state index contributed by atoms with van der Waals surface area (Å²) in [6.45, 7) is 0. The molecule has 2 nitrogen and oxygen atoms in total. The third-order valence-corrected chi connectivity index (χ3v) is 2.21. The van der Waals surface area contributed by atoms with E-state index in [0.717, 1.165) is 12.8 Å². The summed E-state index contributed by atoms with van der Waals surface area (Å²) in [6.07, 6.45) is 7.03. The lowest BCUT2D eigenvalue weighted by atomic mass is 9.91. The first kappa shape index (κ1) is 5.96. The molecule has 1 aliphatic heterocycles. The Morgan fingerprint density at radius 3 is 3.00 bits per heavy atom. The van der Waals surface area contributed by atoms with Gasteiger partial charge >= 0.3 is 5.97 Å². The van der Waals surface area contributed by atoms with Crippen molar-refractivity contribution in [3.63, 3.8) is 0 Å². The van der Waals surface area contributed by atoms with Crippen LogP contribution in [0.5, 0.6) is 0 Å². The van der Waals surface area contributed by atoms with Crippen LogP contribution in [0, 0.1) is 5.92 Å². The lowest BCUT2D eigenvalue weighted by Gasteiger charge is -2.17. The monoisotopic (exact) mass is 138 g/mol. The fraction of sp³-hybridized carbons (Fsp3) is 0.625. The van der Waals surface area contributed by atoms with Gasteiger partial charge in [-0.2, -0.15) is 0 Å². The number of hydrogen-bond donors (Lipinski definition) is 0. The average molecular weight is 138 g/mol. The van der Waals surface area contributed by atoms with Crippen LogP contribution in [0.3, 0.4) is 0 Å². The molecule has 0 bridgehead atoms. The summed E-state index contributed by atoms with van der Waals surface area (Å²) in [5, 5.41) is 0. The van der Waals surface area contributed by atoms with E-state index in [1.165, 1.54) is 0 Å². The number of carbonyl (C=O) groups is 1. The SMILES string of the molecule is O=C1CC2CC=CCC2O1. The van der Waals surface area contributed by atoms with Crippen molar-refractivity contribution in [1.82, 2.24) is 0 Å². The van der Waals surface area contributed by atoms with Crippen LogP contribution in [0.2, 0.25) is 0 Å². The van der Waals surface area contributed by atoms with E-state index in [2.05, 4.69) is 12.2 Å². The highest BCUT2D eigenvalue weighted by atomic mass is 16.5. The Morgan fingerprint density at radius 2 is 2.20 bits per heavy atom. The lowest BCUT2D eigenvalue weighted by molar-refractivity contribution is -0.141. The second-order valence-corrected chi connectivity index (χ2v) is 2.94. The fourth-order valence-corrected chi connectivity index (χ4v) is 1.64. The van der Waals surface area contributed by atoms with E-state index in [4.69, 9.17) is 4.74 Å². The Balaban J connectivity index is 2.11. The molecule has 2 atom stereocenters. The van der Waals surface area contributed by atoms with Crippen molar-refractivity contribution >= 4 is 5.97 Å². The number of ether oxygens (including phenoxy) is 1. The molecular weight excluding hydrogens is 128 g/mol. The van der Waals surface area contributed by atoms with Gasteiger partial charge in [-0.3, -0.25) is 4.79 Å². The van der Waals surface area contributed by atoms with Gasteiger partial charge in [-0.15, -0.1) is 0 Å². The number of carbonyl (C=O) groups excluding carboxylic acids is 1. The van der Waals surface area contributed by atoms with Crippen molar-refractivity contribution < 1.29 is 9.53 Å². The molecule has 10 heavy (non-hydrogen) atoms. The Hall–Kier alpha value is -0.790. The Morgan fingerprint density at radius 1 is 1.40 bits per heavy atom. The zero-order chi connectivity index (χ0) is 6.97. The third kappa shape index (κ3) is 0.838. The highest BCUT2D eigenvalue weighted by molar-refractivity contribution is 5.72. The molecule has 54 valence electrons.